The van der Waals surface area contributed by atoms with Crippen molar-refractivity contribution in [1.29, 1.82) is 5.26 Å². The number of thiazole rings is 1. The molecule has 1 unspecified atom stereocenters. The first-order valence-corrected chi connectivity index (χ1v) is 14.2. The van der Waals surface area contributed by atoms with Crippen LogP contribution < -0.4 is 14.9 Å². The number of anilines is 3. The minimum Gasteiger partial charge on any atom is -0.755 e. The summed E-state index contributed by atoms with van der Waals surface area (Å²) < 4.78 is 30.7. The zero-order chi connectivity index (χ0) is 27.7. The van der Waals surface area contributed by atoms with Gasteiger partial charge in [-0.2, -0.15) is 5.26 Å². The van der Waals surface area contributed by atoms with Gasteiger partial charge in [0.15, 0.2) is 5.13 Å². The van der Waals surface area contributed by atoms with E-state index in [1.54, 1.807) is 24.4 Å². The summed E-state index contributed by atoms with van der Waals surface area (Å²) >= 11 is -1.52. The summed E-state index contributed by atoms with van der Waals surface area (Å²) in [5, 5.41) is 12.2. The number of benzene rings is 1. The first-order valence-electron chi connectivity index (χ1n) is 12.4. The number of methoxy groups -OCH3 is 1. The number of rotatable bonds is 8. The van der Waals surface area contributed by atoms with Crippen molar-refractivity contribution in [2.75, 3.05) is 41.7 Å². The minimum absolute atomic E-state index is 0.00627. The minimum atomic E-state index is -2.74. The third-order valence-electron chi connectivity index (χ3n) is 7.13. The smallest absolute Gasteiger partial charge is 0.328 e. The van der Waals surface area contributed by atoms with E-state index >= 15 is 0 Å². The fourth-order valence-corrected chi connectivity index (χ4v) is 7.00. The highest BCUT2D eigenvalue weighted by atomic mass is 32.2. The molecule has 14 heteroatoms. The molecule has 5 rings (SSSR count). The molecule has 1 amide bonds. The van der Waals surface area contributed by atoms with Crippen molar-refractivity contribution in [2.45, 2.75) is 37.8 Å². The van der Waals surface area contributed by atoms with Crippen LogP contribution in [0.4, 0.5) is 16.0 Å². The molecule has 3 atom stereocenters. The highest BCUT2D eigenvalue weighted by Gasteiger charge is 2.43. The van der Waals surface area contributed by atoms with Crippen molar-refractivity contribution < 1.29 is 23.1 Å². The van der Waals surface area contributed by atoms with Gasteiger partial charge >= 0.3 is 5.97 Å². The number of nitrogens with two attached hydrogens (primary N) is 1. The standard InChI is InChI=1S/C25H27N7O5S2/c1-37-24(34)20(12-16-10-15-4-6-28-22(27)18(15)11-17(16)13-26)31-9-5-19(23(31)33)32(39(35)36)21-14-29-25(38-21)30-7-2-3-8-30/h4,6,10-11,14,19-20H,2-3,5,7-9,12H2,1H3,(H2,27,28)(H,35,36)/p-1/t19-,20+/m0/s1. The number of likely N-dealkylation sites (tertiary alicyclic amines) is 1. The van der Waals surface area contributed by atoms with Crippen molar-refractivity contribution >= 4 is 61.2 Å². The molecule has 2 saturated heterocycles. The van der Waals surface area contributed by atoms with Gasteiger partial charge in [-0.05, 0) is 48.4 Å². The van der Waals surface area contributed by atoms with Crippen molar-refractivity contribution in [2.24, 2.45) is 0 Å². The van der Waals surface area contributed by atoms with Crippen LogP contribution in [0.1, 0.15) is 30.4 Å². The Kier molecular flexibility index (Phi) is 7.65. The molecule has 0 aliphatic carbocycles. The van der Waals surface area contributed by atoms with Crippen LogP contribution in [0.3, 0.4) is 0 Å². The molecule has 12 nitrogen and oxygen atoms in total. The number of esters is 1. The van der Waals surface area contributed by atoms with Gasteiger partial charge < -0.3 is 24.8 Å². The summed E-state index contributed by atoms with van der Waals surface area (Å²) in [6, 6.07) is 5.15. The lowest BCUT2D eigenvalue weighted by Gasteiger charge is -2.31. The van der Waals surface area contributed by atoms with Gasteiger partial charge in [-0.1, -0.05) is 11.3 Å². The van der Waals surface area contributed by atoms with Crippen LogP contribution in [-0.2, 0) is 32.0 Å². The molecule has 3 aromatic rings. The summed E-state index contributed by atoms with van der Waals surface area (Å²) in [6.45, 7) is 1.85. The summed E-state index contributed by atoms with van der Waals surface area (Å²) in [4.78, 5) is 38.4. The number of pyridine rings is 1. The average Bonchev–Trinajstić information content (AvgIpc) is 3.69. The zero-order valence-corrected chi connectivity index (χ0v) is 22.7. The summed E-state index contributed by atoms with van der Waals surface area (Å²) in [7, 11) is 1.22. The molecule has 2 fully saturated rings. The molecule has 2 aliphatic heterocycles. The number of nitrogens with zero attached hydrogens (tertiary/aromatic N) is 6. The van der Waals surface area contributed by atoms with Gasteiger partial charge in [0.25, 0.3) is 0 Å². The predicted molar refractivity (Wildman–Crippen MR) is 145 cm³/mol. The van der Waals surface area contributed by atoms with E-state index in [2.05, 4.69) is 20.9 Å². The van der Waals surface area contributed by atoms with Crippen molar-refractivity contribution in [3.8, 4) is 6.07 Å². The first-order chi connectivity index (χ1) is 18.8. The molecule has 1 aromatic carbocycles. The number of nitrogen functional groups attached to an aromatic ring is 1. The second kappa shape index (κ2) is 11.1. The van der Waals surface area contributed by atoms with Gasteiger partial charge in [0, 0.05) is 48.9 Å². The summed E-state index contributed by atoms with van der Waals surface area (Å²) in [6.07, 6.45) is 5.30. The second-order valence-electron chi connectivity index (χ2n) is 9.34. The SMILES string of the molecule is COC(=O)[C@@H](Cc1cc2ccnc(N)c2cc1C#N)N1CC[C@H](N(c2cnc(N3CCCC3)s2)S(=O)[O-])C1=O. The third-order valence-corrected chi connectivity index (χ3v) is 9.08. The van der Waals surface area contributed by atoms with Gasteiger partial charge in [0.05, 0.1) is 24.9 Å². The van der Waals surface area contributed by atoms with E-state index in [0.717, 1.165) is 35.6 Å². The number of hydrogen-bond donors (Lipinski definition) is 1. The van der Waals surface area contributed by atoms with Crippen LogP contribution >= 0.6 is 11.3 Å². The molecule has 4 heterocycles. The second-order valence-corrected chi connectivity index (χ2v) is 11.2. The van der Waals surface area contributed by atoms with Crippen LogP contribution in [0.5, 0.6) is 0 Å². The van der Waals surface area contributed by atoms with E-state index in [1.165, 1.54) is 29.5 Å². The lowest BCUT2D eigenvalue weighted by Crippen LogP contribution is -2.49. The topological polar surface area (TPSA) is 169 Å². The van der Waals surface area contributed by atoms with Crippen LogP contribution in [0.25, 0.3) is 10.8 Å². The Morgan fingerprint density at radius 3 is 2.82 bits per heavy atom. The molecule has 39 heavy (non-hydrogen) atoms. The van der Waals surface area contributed by atoms with Gasteiger partial charge in [-0.3, -0.25) is 13.3 Å². The normalized spacial score (nSPS) is 18.8. The molecule has 0 saturated carbocycles. The Morgan fingerprint density at radius 2 is 2.13 bits per heavy atom. The number of amides is 1. The fraction of sp³-hybridized carbons (Fsp3) is 0.400. The van der Waals surface area contributed by atoms with E-state index in [9.17, 15) is 23.6 Å². The van der Waals surface area contributed by atoms with Crippen LogP contribution in [0.2, 0.25) is 0 Å². The van der Waals surface area contributed by atoms with E-state index < -0.39 is 35.2 Å². The average molecular weight is 569 g/mol. The van der Waals surface area contributed by atoms with E-state index in [-0.39, 0.29) is 25.2 Å². The lowest BCUT2D eigenvalue weighted by molar-refractivity contribution is -0.151. The van der Waals surface area contributed by atoms with Gasteiger partial charge in [0.2, 0.25) is 5.91 Å². The highest BCUT2D eigenvalue weighted by molar-refractivity contribution is 7.81. The van der Waals surface area contributed by atoms with Crippen molar-refractivity contribution in [3.63, 3.8) is 0 Å². The third kappa shape index (κ3) is 5.12. The Labute approximate surface area is 231 Å². The quantitative estimate of drug-likeness (QED) is 0.312. The number of fused-ring (bicyclic) bond motifs is 1. The molecule has 2 N–H and O–H groups in total. The lowest BCUT2D eigenvalue weighted by atomic mass is 9.96. The molecule has 2 aliphatic rings. The Balaban J connectivity index is 1.43. The van der Waals surface area contributed by atoms with Crippen LogP contribution in [0.15, 0.2) is 30.6 Å². The van der Waals surface area contributed by atoms with Crippen LogP contribution in [0, 0.1) is 11.3 Å². The van der Waals surface area contributed by atoms with E-state index in [1.807, 2.05) is 0 Å². The first kappa shape index (κ1) is 26.8. The van der Waals surface area contributed by atoms with Crippen LogP contribution in [-0.4, -0.2) is 74.3 Å². The number of carbonyl (C=O) groups is 2. The number of nitriles is 1. The molecule has 204 valence electrons. The van der Waals surface area contributed by atoms with Crippen molar-refractivity contribution in [3.05, 3.63) is 41.7 Å². The Hall–Kier alpha value is -3.80. The summed E-state index contributed by atoms with van der Waals surface area (Å²) in [5.74, 6) is -0.899. The maximum atomic E-state index is 13.6. The predicted octanol–water partition coefficient (Wildman–Crippen LogP) is 1.73. The molecular weight excluding hydrogens is 542 g/mol. The monoisotopic (exact) mass is 568 g/mol. The zero-order valence-electron chi connectivity index (χ0n) is 21.1. The highest BCUT2D eigenvalue weighted by Crippen LogP contribution is 2.36. The molecule has 0 bridgehead atoms. The molecular formula is C25H26N7O5S2-. The molecule has 0 spiro atoms. The largest absolute Gasteiger partial charge is 0.755 e. The Morgan fingerprint density at radius 1 is 1.36 bits per heavy atom. The molecule has 0 radical (unpaired) electrons. The van der Waals surface area contributed by atoms with E-state index in [4.69, 9.17) is 10.5 Å². The molecule has 2 aromatic heterocycles. The maximum absolute atomic E-state index is 13.6. The van der Waals surface area contributed by atoms with Crippen molar-refractivity contribution in [1.82, 2.24) is 14.9 Å². The number of aromatic nitrogens is 2. The summed E-state index contributed by atoms with van der Waals surface area (Å²) in [5.41, 5.74) is 6.79. The maximum Gasteiger partial charge on any atom is 0.328 e. The van der Waals surface area contributed by atoms with Gasteiger partial charge in [-0.25, -0.2) is 14.8 Å². The number of ether oxygens (including phenoxy) is 1. The number of hydrogen-bond acceptors (Lipinski definition) is 11. The Bertz CT molecular complexity index is 1480. The number of carbonyl (C=O) groups excluding carboxylic acids is 2. The van der Waals surface area contributed by atoms with Gasteiger partial charge in [0.1, 0.15) is 22.9 Å². The van der Waals surface area contributed by atoms with E-state index in [0.29, 0.717) is 26.6 Å². The van der Waals surface area contributed by atoms with Gasteiger partial charge in [-0.15, -0.1) is 0 Å². The fourth-order valence-electron chi connectivity index (χ4n) is 5.19.